The third kappa shape index (κ3) is 2.52. The Hall–Kier alpha value is -2.80. The topological polar surface area (TPSA) is 79.0 Å². The predicted octanol–water partition coefficient (Wildman–Crippen LogP) is 2.40. The molecule has 1 aliphatic rings. The molecule has 0 saturated heterocycles. The van der Waals surface area contributed by atoms with E-state index in [0.717, 1.165) is 33.9 Å². The monoisotopic (exact) mass is 338 g/mol. The fourth-order valence-electron chi connectivity index (χ4n) is 2.87. The molecule has 7 heteroatoms. The maximum absolute atomic E-state index is 12.6. The molecule has 6 nitrogen and oxygen atoms in total. The van der Waals surface area contributed by atoms with E-state index in [1.807, 2.05) is 24.4 Å². The third-order valence-corrected chi connectivity index (χ3v) is 4.81. The number of aromatic amines is 1. The minimum atomic E-state index is -0.323. The zero-order valence-corrected chi connectivity index (χ0v) is 13.8. The van der Waals surface area contributed by atoms with Crippen LogP contribution in [0.15, 0.2) is 40.5 Å². The molecule has 0 aliphatic carbocycles. The summed E-state index contributed by atoms with van der Waals surface area (Å²) in [7, 11) is 0. The number of thiazole rings is 1. The summed E-state index contributed by atoms with van der Waals surface area (Å²) in [5.41, 5.74) is 3.96. The van der Waals surface area contributed by atoms with E-state index in [2.05, 4.69) is 21.2 Å². The van der Waals surface area contributed by atoms with Crippen LogP contribution in [0.25, 0.3) is 11.3 Å². The molecule has 0 atom stereocenters. The molecule has 4 rings (SSSR count). The summed E-state index contributed by atoms with van der Waals surface area (Å²) < 4.78 is 0. The Labute approximate surface area is 141 Å². The number of rotatable bonds is 2. The van der Waals surface area contributed by atoms with Gasteiger partial charge in [0, 0.05) is 29.2 Å². The highest BCUT2D eigenvalue weighted by molar-refractivity contribution is 7.09. The predicted molar refractivity (Wildman–Crippen MR) is 92.5 cm³/mol. The van der Waals surface area contributed by atoms with E-state index in [1.165, 1.54) is 12.1 Å². The Balaban J connectivity index is 1.66. The van der Waals surface area contributed by atoms with Gasteiger partial charge in [-0.15, -0.1) is 11.3 Å². The van der Waals surface area contributed by atoms with Crippen LogP contribution < -0.4 is 10.5 Å². The Morgan fingerprint density at radius 1 is 1.29 bits per heavy atom. The average molecular weight is 338 g/mol. The molecule has 1 aromatic carbocycles. The minimum absolute atomic E-state index is 0.206. The number of H-pyrrole nitrogens is 1. The fraction of sp³-hybridized carbons (Fsp3) is 0.176. The number of amides is 1. The first-order chi connectivity index (χ1) is 11.6. The van der Waals surface area contributed by atoms with Crippen molar-refractivity contribution in [2.24, 2.45) is 0 Å². The summed E-state index contributed by atoms with van der Waals surface area (Å²) in [5, 5.41) is 9.20. The summed E-state index contributed by atoms with van der Waals surface area (Å²) in [5.74, 6) is -0.206. The summed E-state index contributed by atoms with van der Waals surface area (Å²) in [6.45, 7) is 2.59. The first kappa shape index (κ1) is 14.8. The number of hydrogen-bond donors (Lipinski definition) is 1. The molecular formula is C17H14N4O2S. The molecule has 0 fully saturated rings. The lowest BCUT2D eigenvalue weighted by molar-refractivity contribution is 0.0983. The smallest absolute Gasteiger partial charge is 0.278 e. The molecule has 24 heavy (non-hydrogen) atoms. The number of fused-ring (bicyclic) bond motifs is 1. The van der Waals surface area contributed by atoms with Crippen molar-refractivity contribution in [3.8, 4) is 11.3 Å². The second-order valence-electron chi connectivity index (χ2n) is 5.61. The summed E-state index contributed by atoms with van der Waals surface area (Å²) in [6.07, 6.45) is 0.793. The third-order valence-electron chi connectivity index (χ3n) is 4.03. The zero-order valence-electron chi connectivity index (χ0n) is 12.9. The van der Waals surface area contributed by atoms with Gasteiger partial charge in [0.15, 0.2) is 0 Å². The van der Waals surface area contributed by atoms with Gasteiger partial charge in [-0.2, -0.15) is 5.10 Å². The van der Waals surface area contributed by atoms with E-state index < -0.39 is 0 Å². The SMILES string of the molecule is Cc1nc(-c2ccc3c(c2)CCN3C(=O)c2ccc(=O)[nH]n2)cs1. The zero-order chi connectivity index (χ0) is 16.7. The van der Waals surface area contributed by atoms with E-state index >= 15 is 0 Å². The van der Waals surface area contributed by atoms with E-state index in [-0.39, 0.29) is 17.2 Å². The van der Waals surface area contributed by atoms with Crippen molar-refractivity contribution in [3.05, 3.63) is 62.3 Å². The van der Waals surface area contributed by atoms with Gasteiger partial charge >= 0.3 is 0 Å². The summed E-state index contributed by atoms with van der Waals surface area (Å²) >= 11 is 1.62. The number of aromatic nitrogens is 3. The Morgan fingerprint density at radius 3 is 2.88 bits per heavy atom. The van der Waals surface area contributed by atoms with E-state index in [4.69, 9.17) is 0 Å². The van der Waals surface area contributed by atoms with Crippen molar-refractivity contribution in [3.63, 3.8) is 0 Å². The second kappa shape index (κ2) is 5.68. The molecule has 3 aromatic rings. The minimum Gasteiger partial charge on any atom is -0.306 e. The lowest BCUT2D eigenvalue weighted by Gasteiger charge is -2.16. The van der Waals surface area contributed by atoms with Gasteiger partial charge in [0.1, 0.15) is 5.69 Å². The molecule has 2 aromatic heterocycles. The van der Waals surface area contributed by atoms with Gasteiger partial charge in [0.2, 0.25) is 0 Å². The number of nitrogens with zero attached hydrogens (tertiary/aromatic N) is 3. The molecule has 1 aliphatic heterocycles. The number of hydrogen-bond acceptors (Lipinski definition) is 5. The molecular weight excluding hydrogens is 324 g/mol. The van der Waals surface area contributed by atoms with Crippen LogP contribution >= 0.6 is 11.3 Å². The van der Waals surface area contributed by atoms with Gasteiger partial charge in [-0.25, -0.2) is 10.1 Å². The van der Waals surface area contributed by atoms with Gasteiger partial charge in [-0.3, -0.25) is 9.59 Å². The molecule has 1 N–H and O–H groups in total. The van der Waals surface area contributed by atoms with E-state index in [9.17, 15) is 9.59 Å². The van der Waals surface area contributed by atoms with Crippen LogP contribution in [0.2, 0.25) is 0 Å². The van der Waals surface area contributed by atoms with Crippen molar-refractivity contribution in [1.82, 2.24) is 15.2 Å². The van der Waals surface area contributed by atoms with Gasteiger partial charge in [0.05, 0.1) is 10.7 Å². The van der Waals surface area contributed by atoms with Gasteiger partial charge < -0.3 is 4.90 Å². The number of nitrogens with one attached hydrogen (secondary N) is 1. The number of carbonyl (C=O) groups excluding carboxylic acids is 1. The Bertz CT molecular complexity index is 972. The van der Waals surface area contributed by atoms with Crippen LogP contribution in [0.4, 0.5) is 5.69 Å². The van der Waals surface area contributed by atoms with Crippen LogP contribution in [0, 0.1) is 6.92 Å². The van der Waals surface area contributed by atoms with Crippen molar-refractivity contribution >= 4 is 22.9 Å². The van der Waals surface area contributed by atoms with Crippen molar-refractivity contribution in [2.45, 2.75) is 13.3 Å². The lowest BCUT2D eigenvalue weighted by Crippen LogP contribution is -2.30. The van der Waals surface area contributed by atoms with Crippen molar-refractivity contribution < 1.29 is 4.79 Å². The van der Waals surface area contributed by atoms with E-state index in [1.54, 1.807) is 16.2 Å². The molecule has 0 bridgehead atoms. The van der Waals surface area contributed by atoms with Gasteiger partial charge in [-0.05, 0) is 37.1 Å². The molecule has 3 heterocycles. The summed E-state index contributed by atoms with van der Waals surface area (Å²) in [6, 6.07) is 8.79. The highest BCUT2D eigenvalue weighted by Crippen LogP contribution is 2.33. The molecule has 0 radical (unpaired) electrons. The highest BCUT2D eigenvalue weighted by atomic mass is 32.1. The maximum atomic E-state index is 12.6. The second-order valence-corrected chi connectivity index (χ2v) is 6.67. The highest BCUT2D eigenvalue weighted by Gasteiger charge is 2.26. The first-order valence-corrected chi connectivity index (χ1v) is 8.43. The van der Waals surface area contributed by atoms with Crippen LogP contribution in [0.5, 0.6) is 0 Å². The first-order valence-electron chi connectivity index (χ1n) is 7.55. The number of carbonyl (C=O) groups is 1. The largest absolute Gasteiger partial charge is 0.306 e. The maximum Gasteiger partial charge on any atom is 0.278 e. The van der Waals surface area contributed by atoms with Crippen LogP contribution in [0.3, 0.4) is 0 Å². The lowest BCUT2D eigenvalue weighted by atomic mass is 10.1. The molecule has 0 unspecified atom stereocenters. The van der Waals surface area contributed by atoms with Crippen molar-refractivity contribution in [1.29, 1.82) is 0 Å². The standard InChI is InChI=1S/C17H14N4O2S/c1-10-18-14(9-24-10)11-2-4-15-12(8-11)6-7-21(15)17(23)13-3-5-16(22)20-19-13/h2-5,8-9H,6-7H2,1H3,(H,20,22). The molecule has 1 amide bonds. The number of anilines is 1. The van der Waals surface area contributed by atoms with Gasteiger partial charge in [0.25, 0.3) is 11.5 Å². The van der Waals surface area contributed by atoms with Crippen molar-refractivity contribution in [2.75, 3.05) is 11.4 Å². The number of aryl methyl sites for hydroxylation is 1. The Kier molecular flexibility index (Phi) is 3.50. The normalized spacial score (nSPS) is 13.1. The molecule has 0 spiro atoms. The quantitative estimate of drug-likeness (QED) is 0.778. The van der Waals surface area contributed by atoms with Crippen LogP contribution in [-0.2, 0) is 6.42 Å². The van der Waals surface area contributed by atoms with Crippen LogP contribution in [0.1, 0.15) is 21.1 Å². The molecule has 0 saturated carbocycles. The van der Waals surface area contributed by atoms with E-state index in [0.29, 0.717) is 6.54 Å². The molecule has 120 valence electrons. The average Bonchev–Trinajstić information content (AvgIpc) is 3.20. The fourth-order valence-corrected chi connectivity index (χ4v) is 3.49. The number of benzene rings is 1. The van der Waals surface area contributed by atoms with Gasteiger partial charge in [-0.1, -0.05) is 6.07 Å². The Morgan fingerprint density at radius 2 is 2.17 bits per heavy atom. The van der Waals surface area contributed by atoms with Crippen LogP contribution in [-0.4, -0.2) is 27.6 Å². The summed E-state index contributed by atoms with van der Waals surface area (Å²) in [4.78, 5) is 29.9.